The van der Waals surface area contributed by atoms with E-state index in [2.05, 4.69) is 9.13 Å². The number of hydrogen-bond donors (Lipinski definition) is 0. The molecule has 13 heteroatoms. The Morgan fingerprint density at radius 2 is 1.17 bits per heavy atom. The summed E-state index contributed by atoms with van der Waals surface area (Å²) in [6.07, 6.45) is 6.29. The molecule has 2 amide bonds. The van der Waals surface area contributed by atoms with Gasteiger partial charge in [-0.2, -0.15) is 8.42 Å². The molecule has 0 aliphatic heterocycles. The summed E-state index contributed by atoms with van der Waals surface area (Å²) in [6, 6.07) is 11.7. The Labute approximate surface area is 319 Å². The Morgan fingerprint density at radius 1 is 0.741 bits per heavy atom. The molecule has 296 valence electrons. The molecule has 54 heavy (non-hydrogen) atoms. The van der Waals surface area contributed by atoms with Crippen LogP contribution in [0.4, 0.5) is 4.39 Å². The van der Waals surface area contributed by atoms with Crippen LogP contribution in [0.3, 0.4) is 0 Å². The number of hydrogen-bond acceptors (Lipinski definition) is 7. The third-order valence-electron chi connectivity index (χ3n) is 11.0. The molecular formula is C41H57FN4O7S. The van der Waals surface area contributed by atoms with Crippen LogP contribution in [0.15, 0.2) is 36.4 Å². The Hall–Kier alpha value is -4.10. The number of ether oxygens (including phenoxy) is 2. The van der Waals surface area contributed by atoms with Gasteiger partial charge < -0.3 is 28.4 Å². The monoisotopic (exact) mass is 767 g/mol. The summed E-state index contributed by atoms with van der Waals surface area (Å²) >= 11 is 0. The fraction of sp³-hybridized carbons (Fsp3) is 0.561. The van der Waals surface area contributed by atoms with E-state index in [0.717, 1.165) is 101 Å². The fourth-order valence-corrected chi connectivity index (χ4v) is 9.02. The van der Waals surface area contributed by atoms with Crippen molar-refractivity contribution in [3.63, 3.8) is 0 Å². The number of halogens is 1. The Morgan fingerprint density at radius 3 is 1.54 bits per heavy atom. The predicted octanol–water partition coefficient (Wildman–Crippen LogP) is 6.82. The van der Waals surface area contributed by atoms with Crippen molar-refractivity contribution in [2.45, 2.75) is 91.1 Å². The molecule has 0 radical (unpaired) electrons. The summed E-state index contributed by atoms with van der Waals surface area (Å²) in [7, 11) is -0.221. The van der Waals surface area contributed by atoms with Gasteiger partial charge in [-0.25, -0.2) is 4.39 Å². The normalized spacial score (nSPS) is 16.7. The van der Waals surface area contributed by atoms with E-state index in [1.54, 1.807) is 14.2 Å². The van der Waals surface area contributed by atoms with E-state index in [-0.39, 0.29) is 30.3 Å². The average molecular weight is 768 g/mol. The lowest BCUT2D eigenvalue weighted by atomic mass is 9.84. The van der Waals surface area contributed by atoms with Gasteiger partial charge in [0.1, 0.15) is 18.2 Å². The van der Waals surface area contributed by atoms with Crippen molar-refractivity contribution in [3.8, 4) is 11.5 Å². The average Bonchev–Trinajstić information content (AvgIpc) is 3.68. The number of fused-ring (bicyclic) bond motifs is 6. The van der Waals surface area contributed by atoms with Crippen molar-refractivity contribution in [1.29, 1.82) is 0 Å². The number of amides is 2. The summed E-state index contributed by atoms with van der Waals surface area (Å²) in [5.74, 6) is 1.45. The zero-order chi connectivity index (χ0) is 39.2. The summed E-state index contributed by atoms with van der Waals surface area (Å²) in [5, 5.41) is 1.94. The van der Waals surface area contributed by atoms with Crippen LogP contribution in [0, 0.1) is 0 Å². The third kappa shape index (κ3) is 8.12. The first-order valence-corrected chi connectivity index (χ1v) is 21.1. The first-order chi connectivity index (χ1) is 26.0. The molecule has 11 nitrogen and oxygen atoms in total. The van der Waals surface area contributed by atoms with Crippen molar-refractivity contribution in [1.82, 2.24) is 18.9 Å². The van der Waals surface area contributed by atoms with Crippen LogP contribution in [-0.2, 0) is 49.8 Å². The highest BCUT2D eigenvalue weighted by molar-refractivity contribution is 7.85. The van der Waals surface area contributed by atoms with Gasteiger partial charge in [0.2, 0.25) is 11.8 Å². The van der Waals surface area contributed by atoms with Gasteiger partial charge in [-0.3, -0.25) is 13.8 Å². The van der Waals surface area contributed by atoms with Gasteiger partial charge in [-0.05, 0) is 102 Å². The fourth-order valence-electron chi connectivity index (χ4n) is 8.65. The van der Waals surface area contributed by atoms with E-state index in [4.69, 9.17) is 13.7 Å². The molecule has 0 bridgehead atoms. The van der Waals surface area contributed by atoms with Crippen LogP contribution in [0.5, 0.6) is 11.5 Å². The molecular weight excluding hydrogens is 711 g/mol. The number of likely N-dealkylation sites (N-methyl/N-ethyl adjacent to an activating group) is 2. The maximum absolute atomic E-state index is 13.3. The summed E-state index contributed by atoms with van der Waals surface area (Å²) < 4.78 is 56.4. The molecule has 2 unspecified atom stereocenters. The zero-order valence-corrected chi connectivity index (χ0v) is 33.8. The van der Waals surface area contributed by atoms with E-state index in [0.29, 0.717) is 39.3 Å². The summed E-state index contributed by atoms with van der Waals surface area (Å²) in [6.45, 7) is 11.2. The Kier molecular flexibility index (Phi) is 13.7. The maximum atomic E-state index is 13.3. The van der Waals surface area contributed by atoms with E-state index < -0.39 is 16.8 Å². The number of nitrogens with zero attached hydrogens (tertiary/aromatic N) is 4. The van der Waals surface area contributed by atoms with E-state index in [9.17, 15) is 22.4 Å². The zero-order valence-electron chi connectivity index (χ0n) is 33.0. The lowest BCUT2D eigenvalue weighted by Crippen LogP contribution is -2.36. The van der Waals surface area contributed by atoms with Crippen LogP contribution in [0.1, 0.15) is 87.7 Å². The lowest BCUT2D eigenvalue weighted by Gasteiger charge is -2.29. The maximum Gasteiger partial charge on any atom is 0.264 e. The number of methoxy groups -OCH3 is 2. The highest BCUT2D eigenvalue weighted by atomic mass is 32.2. The van der Waals surface area contributed by atoms with E-state index in [1.165, 1.54) is 0 Å². The minimum absolute atomic E-state index is 0.0565. The first-order valence-electron chi connectivity index (χ1n) is 19.3. The SMILES string of the molecule is CCN(CC)C(=O)C1CCCc2c1c1c(OC)cccc1n2CCOS(C)(=O)=O.CCN(CC)C(=O)C1CCCc2c1c1c(OC)cccc1n2CC[18F]. The molecule has 2 aromatic heterocycles. The van der Waals surface area contributed by atoms with E-state index in [1.807, 2.05) is 73.9 Å². The molecule has 0 saturated heterocycles. The van der Waals surface area contributed by atoms with Crippen LogP contribution in [-0.4, -0.2) is 99.1 Å². The number of carbonyl (C=O) groups is 2. The number of aromatic nitrogens is 2. The summed E-state index contributed by atoms with van der Waals surface area (Å²) in [5.41, 5.74) is 6.20. The third-order valence-corrected chi connectivity index (χ3v) is 11.6. The van der Waals surface area contributed by atoms with Crippen LogP contribution < -0.4 is 9.47 Å². The highest BCUT2D eigenvalue weighted by Crippen LogP contribution is 2.45. The number of aryl methyl sites for hydroxylation is 1. The van der Waals surface area contributed by atoms with Gasteiger partial charge in [0.05, 0.1) is 56.5 Å². The largest absolute Gasteiger partial charge is 0.496 e. The minimum Gasteiger partial charge on any atom is -0.496 e. The molecule has 0 N–H and O–H groups in total. The van der Waals surface area contributed by atoms with Gasteiger partial charge in [0.25, 0.3) is 10.1 Å². The number of alkyl halides is 1. The van der Waals surface area contributed by atoms with Gasteiger partial charge in [0, 0.05) is 54.9 Å². The number of carbonyl (C=O) groups excluding carboxylic acids is 2. The second kappa shape index (κ2) is 18.0. The lowest BCUT2D eigenvalue weighted by molar-refractivity contribution is -0.133. The highest BCUT2D eigenvalue weighted by Gasteiger charge is 2.36. The standard InChI is InChI=1S/C21H30N2O5S.C20H27FN2O2/c1-5-22(6-2)21(24)15-9-7-10-16-19(15)20-17(11-8-12-18(20)27-3)23(16)13-14-28-29(4,25)26;1-4-22(5-2)20(24)14-8-6-9-15-18(14)19-16(23(15)13-12-21)10-7-11-17(19)25-3/h8,11-12,15H,5-7,9-10,13-14H2,1-4H3;7,10-11,14H,4-6,8-9,12-13H2,1-3H3/i;21-1. The van der Waals surface area contributed by atoms with Crippen molar-refractivity contribution in [3.05, 3.63) is 58.9 Å². The van der Waals surface area contributed by atoms with Crippen LogP contribution in [0.2, 0.25) is 0 Å². The molecule has 2 aliphatic rings. The van der Waals surface area contributed by atoms with Crippen LogP contribution >= 0.6 is 0 Å². The molecule has 0 spiro atoms. The van der Waals surface area contributed by atoms with Crippen LogP contribution in [0.25, 0.3) is 21.8 Å². The molecule has 2 atom stereocenters. The second-order valence-electron chi connectivity index (χ2n) is 13.9. The van der Waals surface area contributed by atoms with Gasteiger partial charge in [-0.15, -0.1) is 0 Å². The minimum atomic E-state index is -3.51. The van der Waals surface area contributed by atoms with Crippen molar-refractivity contribution in [2.75, 3.05) is 59.9 Å². The molecule has 0 saturated carbocycles. The molecule has 6 rings (SSSR count). The van der Waals surface area contributed by atoms with Crippen molar-refractivity contribution < 1.29 is 36.1 Å². The quantitative estimate of drug-likeness (QED) is 0.130. The molecule has 2 aliphatic carbocycles. The molecule has 0 fully saturated rings. The first kappa shape index (κ1) is 41.1. The van der Waals surface area contributed by atoms with E-state index >= 15 is 0 Å². The summed E-state index contributed by atoms with van der Waals surface area (Å²) in [4.78, 5) is 30.2. The number of rotatable bonds is 14. The second-order valence-corrected chi connectivity index (χ2v) is 15.5. The van der Waals surface area contributed by atoms with Gasteiger partial charge in [-0.1, -0.05) is 12.1 Å². The molecule has 4 aromatic rings. The van der Waals surface area contributed by atoms with Crippen molar-refractivity contribution in [2.24, 2.45) is 0 Å². The van der Waals surface area contributed by atoms with Gasteiger partial charge >= 0.3 is 0 Å². The Bertz CT molecular complexity index is 2050. The van der Waals surface area contributed by atoms with Gasteiger partial charge in [0.15, 0.2) is 0 Å². The predicted molar refractivity (Wildman–Crippen MR) is 211 cm³/mol. The molecule has 2 aromatic carbocycles. The molecule has 2 heterocycles. The van der Waals surface area contributed by atoms with Crippen molar-refractivity contribution >= 4 is 43.7 Å². The number of benzene rings is 2. The Balaban J connectivity index is 0.000000210. The topological polar surface area (TPSA) is 112 Å². The smallest absolute Gasteiger partial charge is 0.264 e.